The van der Waals surface area contributed by atoms with E-state index in [1.807, 2.05) is 0 Å². The molecular weight excluding hydrogens is 293 g/mol. The molecule has 0 amide bonds. The van der Waals surface area contributed by atoms with Crippen LogP contribution in [0.25, 0.3) is 0 Å². The van der Waals surface area contributed by atoms with Crippen molar-refractivity contribution in [2.24, 2.45) is 0 Å². The molecule has 2 N–H and O–H groups in total. The van der Waals surface area contributed by atoms with Crippen LogP contribution >= 0.6 is 0 Å². The highest BCUT2D eigenvalue weighted by Crippen LogP contribution is 2.19. The zero-order valence-corrected chi connectivity index (χ0v) is 12.5. The maximum Gasteiger partial charge on any atom is 0.301 e. The Morgan fingerprint density at radius 1 is 0.857 bits per heavy atom. The van der Waals surface area contributed by atoms with Crippen molar-refractivity contribution in [1.29, 1.82) is 0 Å². The summed E-state index contributed by atoms with van der Waals surface area (Å²) in [5.41, 5.74) is 1.99. The average Bonchev–Trinajstić information content (AvgIpc) is 2.43. The second-order valence-electron chi connectivity index (χ2n) is 4.60. The predicted octanol–water partition coefficient (Wildman–Crippen LogP) is 2.79. The quantitative estimate of drug-likeness (QED) is 0.893. The Bertz CT molecular complexity index is 698. The molecule has 0 bridgehead atoms. The summed E-state index contributed by atoms with van der Waals surface area (Å²) in [4.78, 5) is 0. The van der Waals surface area contributed by atoms with Crippen molar-refractivity contribution in [2.45, 2.75) is 0 Å². The van der Waals surface area contributed by atoms with Crippen LogP contribution in [0.4, 0.5) is 21.5 Å². The minimum Gasteiger partial charge on any atom is -0.356 e. The Hall–Kier alpha value is -2.12. The lowest BCUT2D eigenvalue weighted by atomic mass is 10.2. The fourth-order valence-electron chi connectivity index (χ4n) is 1.56. The molecule has 2 aromatic carbocycles. The number of nitrogens with one attached hydrogen (secondary N) is 2. The molecule has 0 heterocycles. The molecule has 0 aliphatic carbocycles. The Labute approximate surface area is 123 Å². The van der Waals surface area contributed by atoms with Crippen LogP contribution in [0.15, 0.2) is 48.5 Å². The SMILES string of the molecule is CN(C)S(=O)(=O)Nc1ccc(Nc2ccc(F)cc2)cc1. The summed E-state index contributed by atoms with van der Waals surface area (Å²) >= 11 is 0. The number of anilines is 3. The molecule has 7 heteroatoms. The minimum absolute atomic E-state index is 0.297. The lowest BCUT2D eigenvalue weighted by Gasteiger charge is -2.14. The van der Waals surface area contributed by atoms with E-state index in [0.717, 1.165) is 15.7 Å². The van der Waals surface area contributed by atoms with Gasteiger partial charge in [-0.25, -0.2) is 4.39 Å². The van der Waals surface area contributed by atoms with Crippen LogP contribution < -0.4 is 10.0 Å². The first-order valence-electron chi connectivity index (χ1n) is 6.20. The van der Waals surface area contributed by atoms with Crippen molar-refractivity contribution >= 4 is 27.3 Å². The van der Waals surface area contributed by atoms with Gasteiger partial charge >= 0.3 is 10.2 Å². The normalized spacial score (nSPS) is 11.4. The van der Waals surface area contributed by atoms with Crippen LogP contribution in [0.5, 0.6) is 0 Å². The largest absolute Gasteiger partial charge is 0.356 e. The third-order valence-corrected chi connectivity index (χ3v) is 4.20. The molecule has 0 aliphatic rings. The number of benzene rings is 2. The molecule has 2 rings (SSSR count). The number of hydrogen-bond acceptors (Lipinski definition) is 3. The smallest absolute Gasteiger partial charge is 0.301 e. The van der Waals surface area contributed by atoms with E-state index >= 15 is 0 Å². The van der Waals surface area contributed by atoms with Gasteiger partial charge in [-0.2, -0.15) is 12.7 Å². The molecule has 5 nitrogen and oxygen atoms in total. The lowest BCUT2D eigenvalue weighted by molar-refractivity contribution is 0.527. The van der Waals surface area contributed by atoms with Crippen molar-refractivity contribution in [2.75, 3.05) is 24.1 Å². The van der Waals surface area contributed by atoms with E-state index in [-0.39, 0.29) is 5.82 Å². The maximum absolute atomic E-state index is 12.8. The van der Waals surface area contributed by atoms with Crippen molar-refractivity contribution in [3.8, 4) is 0 Å². The van der Waals surface area contributed by atoms with Gasteiger partial charge in [0.1, 0.15) is 5.82 Å². The molecule has 0 saturated heterocycles. The van der Waals surface area contributed by atoms with Crippen LogP contribution in [0.3, 0.4) is 0 Å². The molecule has 112 valence electrons. The number of hydrogen-bond donors (Lipinski definition) is 2. The summed E-state index contributed by atoms with van der Waals surface area (Å²) in [5.74, 6) is -0.297. The number of nitrogens with zero attached hydrogens (tertiary/aromatic N) is 1. The fourth-order valence-corrected chi connectivity index (χ4v) is 2.18. The highest BCUT2D eigenvalue weighted by atomic mass is 32.2. The summed E-state index contributed by atoms with van der Waals surface area (Å²) in [6.07, 6.45) is 0. The van der Waals surface area contributed by atoms with Crippen LogP contribution in [0, 0.1) is 5.82 Å². The van der Waals surface area contributed by atoms with Gasteiger partial charge in [-0.3, -0.25) is 4.72 Å². The standard InChI is InChI=1S/C14H16FN3O2S/c1-18(2)21(19,20)17-14-9-7-13(8-10-14)16-12-5-3-11(15)4-6-12/h3-10,16-17H,1-2H3. The topological polar surface area (TPSA) is 61.4 Å². The van der Waals surface area contributed by atoms with Crippen LogP contribution in [0.2, 0.25) is 0 Å². The third-order valence-electron chi connectivity index (χ3n) is 2.75. The Morgan fingerprint density at radius 2 is 1.29 bits per heavy atom. The molecule has 0 unspecified atom stereocenters. The first-order valence-corrected chi connectivity index (χ1v) is 7.64. The van der Waals surface area contributed by atoms with Gasteiger partial charge in [-0.15, -0.1) is 0 Å². The molecule has 0 aromatic heterocycles. The lowest BCUT2D eigenvalue weighted by Crippen LogP contribution is -2.28. The molecule has 0 spiro atoms. The zero-order valence-electron chi connectivity index (χ0n) is 11.7. The van der Waals surface area contributed by atoms with E-state index in [9.17, 15) is 12.8 Å². The summed E-state index contributed by atoms with van der Waals surface area (Å²) in [5, 5.41) is 3.09. The summed E-state index contributed by atoms with van der Waals surface area (Å²) < 4.78 is 39.7. The van der Waals surface area contributed by atoms with E-state index in [2.05, 4.69) is 10.0 Å². The highest BCUT2D eigenvalue weighted by molar-refractivity contribution is 7.90. The maximum atomic E-state index is 12.8. The fraction of sp³-hybridized carbons (Fsp3) is 0.143. The molecule has 0 saturated carbocycles. The first kappa shape index (κ1) is 15.3. The molecule has 2 aromatic rings. The van der Waals surface area contributed by atoms with E-state index < -0.39 is 10.2 Å². The predicted molar refractivity (Wildman–Crippen MR) is 82.4 cm³/mol. The Morgan fingerprint density at radius 3 is 1.76 bits per heavy atom. The van der Waals surface area contributed by atoms with E-state index in [4.69, 9.17) is 0 Å². The Balaban J connectivity index is 2.07. The summed E-state index contributed by atoms with van der Waals surface area (Å²) in [6, 6.07) is 12.7. The van der Waals surface area contributed by atoms with Gasteiger partial charge in [0.05, 0.1) is 0 Å². The van der Waals surface area contributed by atoms with E-state index in [1.54, 1.807) is 36.4 Å². The molecule has 21 heavy (non-hydrogen) atoms. The first-order chi connectivity index (χ1) is 9.87. The van der Waals surface area contributed by atoms with Gasteiger partial charge in [-0.1, -0.05) is 0 Å². The average molecular weight is 309 g/mol. The zero-order chi connectivity index (χ0) is 15.5. The van der Waals surface area contributed by atoms with Crippen LogP contribution in [-0.2, 0) is 10.2 Å². The van der Waals surface area contributed by atoms with Crippen LogP contribution in [-0.4, -0.2) is 26.8 Å². The monoisotopic (exact) mass is 309 g/mol. The van der Waals surface area contributed by atoms with Gasteiger partial charge in [0.15, 0.2) is 0 Å². The van der Waals surface area contributed by atoms with E-state index in [0.29, 0.717) is 5.69 Å². The number of rotatable bonds is 5. The van der Waals surface area contributed by atoms with Crippen molar-refractivity contribution in [1.82, 2.24) is 4.31 Å². The second kappa shape index (κ2) is 6.11. The molecule has 0 aliphatic heterocycles. The van der Waals surface area contributed by atoms with Crippen LogP contribution in [0.1, 0.15) is 0 Å². The molecular formula is C14H16FN3O2S. The van der Waals surface area contributed by atoms with Crippen molar-refractivity contribution in [3.05, 3.63) is 54.3 Å². The van der Waals surface area contributed by atoms with Gasteiger partial charge < -0.3 is 5.32 Å². The van der Waals surface area contributed by atoms with Crippen molar-refractivity contribution < 1.29 is 12.8 Å². The molecule has 0 fully saturated rings. The Kier molecular flexibility index (Phi) is 4.44. The summed E-state index contributed by atoms with van der Waals surface area (Å²) in [6.45, 7) is 0. The van der Waals surface area contributed by atoms with E-state index in [1.165, 1.54) is 26.2 Å². The van der Waals surface area contributed by atoms with Gasteiger partial charge in [0.25, 0.3) is 0 Å². The summed E-state index contributed by atoms with van der Waals surface area (Å²) in [7, 11) is -0.604. The minimum atomic E-state index is -3.51. The van der Waals surface area contributed by atoms with Gasteiger partial charge in [0.2, 0.25) is 0 Å². The molecule has 0 atom stereocenters. The molecule has 0 radical (unpaired) electrons. The number of halogens is 1. The second-order valence-corrected chi connectivity index (χ2v) is 6.48. The highest BCUT2D eigenvalue weighted by Gasteiger charge is 2.12. The van der Waals surface area contributed by atoms with Gasteiger partial charge in [-0.05, 0) is 48.5 Å². The van der Waals surface area contributed by atoms with Crippen molar-refractivity contribution in [3.63, 3.8) is 0 Å². The van der Waals surface area contributed by atoms with Gasteiger partial charge in [0, 0.05) is 31.2 Å². The third kappa shape index (κ3) is 4.17.